The molecule has 2 heteroatoms. The molecule has 0 bridgehead atoms. The van der Waals surface area contributed by atoms with E-state index in [1.165, 1.54) is 0 Å². The average Bonchev–Trinajstić information content (AvgIpc) is 1.00. The minimum atomic E-state index is 0. The molecule has 2 N–H and O–H groups in total. The fraction of sp³-hybridized carbons (Fsp3) is 0.500. The van der Waals surface area contributed by atoms with Crippen LogP contribution in [0.25, 0.3) is 0 Å². The van der Waals surface area contributed by atoms with Crippen LogP contribution in [0.15, 0.2) is 0 Å². The van der Waals surface area contributed by atoms with Gasteiger partial charge in [0.2, 0.25) is 0 Å². The van der Waals surface area contributed by atoms with E-state index < -0.39 is 0 Å². The molecule has 1 nitrogen and oxygen atoms in total. The second kappa shape index (κ2) is 52.5. The molecule has 0 amide bonds. The molecule has 4 heavy (non-hydrogen) atoms. The van der Waals surface area contributed by atoms with E-state index in [2.05, 4.69) is 6.92 Å². The Morgan fingerprint density at radius 1 is 1.25 bits per heavy atom. The monoisotopic (exact) mass is 71.0 g/mol. The van der Waals surface area contributed by atoms with Crippen LogP contribution in [0, 0.1) is 6.92 Å². The molecule has 0 radical (unpaired) electrons. The van der Waals surface area contributed by atoms with Crippen LogP contribution in [0.2, 0.25) is 0 Å². The van der Waals surface area contributed by atoms with E-state index in [0.717, 1.165) is 0 Å². The first-order valence-electron chi connectivity index (χ1n) is 0.707. The number of hydrogen-bond acceptors (Lipinski definition) is 0. The summed E-state index contributed by atoms with van der Waals surface area (Å²) in [5.41, 5.74) is 0. The van der Waals surface area contributed by atoms with Gasteiger partial charge in [-0.05, 0) is 0 Å². The molecule has 0 aliphatic rings. The SMILES string of the molecule is O.[CH2-]C.[Mg+2]. The molecule has 0 saturated heterocycles. The number of hydrogen-bond donors (Lipinski definition) is 0. The summed E-state index contributed by atoms with van der Waals surface area (Å²) < 4.78 is 0. The van der Waals surface area contributed by atoms with E-state index in [0.29, 0.717) is 0 Å². The van der Waals surface area contributed by atoms with Crippen LogP contribution in [0.1, 0.15) is 6.92 Å². The Bertz CT molecular complexity index is 6.00. The molecule has 0 aromatic rings. The normalized spacial score (nSPS) is 1.50. The Hall–Kier alpha value is 0.726. The zero-order valence-corrected chi connectivity index (χ0v) is 4.33. The predicted octanol–water partition coefficient (Wildman–Crippen LogP) is -0.365. The fourth-order valence-electron chi connectivity index (χ4n) is 0. The van der Waals surface area contributed by atoms with Crippen molar-refractivity contribution in [2.45, 2.75) is 6.92 Å². The van der Waals surface area contributed by atoms with Crippen molar-refractivity contribution in [2.75, 3.05) is 0 Å². The van der Waals surface area contributed by atoms with Crippen molar-refractivity contribution in [3.8, 4) is 0 Å². The summed E-state index contributed by atoms with van der Waals surface area (Å²) in [5.74, 6) is 0. The van der Waals surface area contributed by atoms with Gasteiger partial charge in [0.05, 0.1) is 0 Å². The van der Waals surface area contributed by atoms with E-state index in [-0.39, 0.29) is 28.5 Å². The van der Waals surface area contributed by atoms with Crippen molar-refractivity contribution in [3.63, 3.8) is 0 Å². The van der Waals surface area contributed by atoms with E-state index in [1.807, 2.05) is 0 Å². The minimum Gasteiger partial charge on any atom is -0.412 e. The third-order valence-electron chi connectivity index (χ3n) is 0. The predicted molar refractivity (Wildman–Crippen MR) is 20.4 cm³/mol. The third-order valence-corrected chi connectivity index (χ3v) is 0. The molecule has 22 valence electrons. The summed E-state index contributed by atoms with van der Waals surface area (Å²) in [7, 11) is 0. The summed E-state index contributed by atoms with van der Waals surface area (Å²) in [6.45, 7) is 5.00. The Kier molecular flexibility index (Phi) is 289. The Labute approximate surface area is 42.9 Å². The summed E-state index contributed by atoms with van der Waals surface area (Å²) in [5, 5.41) is 0. The first kappa shape index (κ1) is 22.0. The van der Waals surface area contributed by atoms with Crippen LogP contribution in [-0.4, -0.2) is 28.5 Å². The van der Waals surface area contributed by atoms with E-state index >= 15 is 0 Å². The maximum Gasteiger partial charge on any atom is 2.00 e. The molecule has 0 aliphatic carbocycles. The van der Waals surface area contributed by atoms with Crippen LogP contribution in [0.4, 0.5) is 0 Å². The van der Waals surface area contributed by atoms with Gasteiger partial charge in [-0.1, -0.05) is 0 Å². The summed E-state index contributed by atoms with van der Waals surface area (Å²) in [6.07, 6.45) is 0. The van der Waals surface area contributed by atoms with Gasteiger partial charge in [0, 0.05) is 0 Å². The maximum absolute atomic E-state index is 3.25. The second-order valence-electron chi connectivity index (χ2n) is 0. The molecule has 0 aliphatic heterocycles. The van der Waals surface area contributed by atoms with Gasteiger partial charge in [-0.15, -0.1) is 0 Å². The molecule has 0 fully saturated rings. The van der Waals surface area contributed by atoms with Crippen molar-refractivity contribution in [1.82, 2.24) is 0 Å². The fourth-order valence-corrected chi connectivity index (χ4v) is 0. The van der Waals surface area contributed by atoms with Crippen LogP contribution in [0.3, 0.4) is 0 Å². The number of rotatable bonds is 0. The van der Waals surface area contributed by atoms with Crippen LogP contribution in [-0.2, 0) is 0 Å². The molecule has 0 aromatic heterocycles. The molecule has 0 atom stereocenters. The molecule has 0 heterocycles. The molecule has 0 saturated carbocycles. The van der Waals surface area contributed by atoms with Crippen molar-refractivity contribution in [1.29, 1.82) is 0 Å². The van der Waals surface area contributed by atoms with Gasteiger partial charge in [-0.2, -0.15) is 6.92 Å². The van der Waals surface area contributed by atoms with Crippen molar-refractivity contribution >= 4 is 23.1 Å². The van der Waals surface area contributed by atoms with Crippen LogP contribution in [0.5, 0.6) is 0 Å². The van der Waals surface area contributed by atoms with E-state index in [1.54, 1.807) is 6.92 Å². The molecule has 0 aromatic carbocycles. The Balaban J connectivity index is -0.00000000500. The van der Waals surface area contributed by atoms with Gasteiger partial charge in [0.15, 0.2) is 0 Å². The average molecular weight is 71.4 g/mol. The van der Waals surface area contributed by atoms with Gasteiger partial charge >= 0.3 is 23.1 Å². The summed E-state index contributed by atoms with van der Waals surface area (Å²) in [4.78, 5) is 0. The zero-order chi connectivity index (χ0) is 2.00. The molecular weight excluding hydrogens is 64.3 g/mol. The zero-order valence-electron chi connectivity index (χ0n) is 2.91. The largest absolute Gasteiger partial charge is 2.00 e. The molecule has 0 rings (SSSR count). The molecule has 0 unspecified atom stereocenters. The quantitative estimate of drug-likeness (QED) is 0.276. The van der Waals surface area contributed by atoms with Crippen molar-refractivity contribution in [2.24, 2.45) is 0 Å². The van der Waals surface area contributed by atoms with E-state index in [9.17, 15) is 0 Å². The summed E-state index contributed by atoms with van der Waals surface area (Å²) in [6, 6.07) is 0. The first-order valence-corrected chi connectivity index (χ1v) is 0.707. The molecule has 0 spiro atoms. The smallest absolute Gasteiger partial charge is 0.412 e. The van der Waals surface area contributed by atoms with Gasteiger partial charge in [-0.25, -0.2) is 0 Å². The van der Waals surface area contributed by atoms with E-state index in [4.69, 9.17) is 0 Å². The van der Waals surface area contributed by atoms with Crippen molar-refractivity contribution < 1.29 is 5.48 Å². The Morgan fingerprint density at radius 3 is 1.25 bits per heavy atom. The van der Waals surface area contributed by atoms with Crippen LogP contribution < -0.4 is 0 Å². The first-order chi connectivity index (χ1) is 1.00. The third kappa shape index (κ3) is 15.4. The minimum absolute atomic E-state index is 0. The second-order valence-corrected chi connectivity index (χ2v) is 0. The summed E-state index contributed by atoms with van der Waals surface area (Å²) >= 11 is 0. The van der Waals surface area contributed by atoms with Gasteiger partial charge in [0.1, 0.15) is 0 Å². The van der Waals surface area contributed by atoms with Gasteiger partial charge in [0.25, 0.3) is 0 Å². The topological polar surface area (TPSA) is 31.5 Å². The van der Waals surface area contributed by atoms with Crippen molar-refractivity contribution in [3.05, 3.63) is 6.92 Å². The van der Waals surface area contributed by atoms with Crippen LogP contribution >= 0.6 is 0 Å². The van der Waals surface area contributed by atoms with Gasteiger partial charge in [-0.3, -0.25) is 0 Å². The Morgan fingerprint density at radius 2 is 1.25 bits per heavy atom. The maximum atomic E-state index is 3.25. The standard InChI is InChI=1S/C2H5.Mg.H2O/c1-2;;/h1H2,2H3;;1H2/q-1;+2;. The van der Waals surface area contributed by atoms with Gasteiger partial charge < -0.3 is 12.4 Å². The molecular formula is C2H7MgO+.